The molecule has 5 heteroatoms. The number of nitrogens with one attached hydrogen (secondary N) is 1. The Hall–Kier alpha value is -0.510. The maximum Gasteiger partial charge on any atom is 0.140 e. The smallest absolute Gasteiger partial charge is 0.140 e. The standard InChI is InChI=1S/C8H10ClN3.ClH/c9-7-4-11-8(12-10)3-6(7)5-1-2-5;/h3-5H,1-2,10H2,(H,11,12);1H. The first-order chi connectivity index (χ1) is 5.81. The molecule has 0 radical (unpaired) electrons. The number of anilines is 1. The summed E-state index contributed by atoms with van der Waals surface area (Å²) in [4.78, 5) is 4.00. The average molecular weight is 220 g/mol. The molecule has 1 aliphatic carbocycles. The van der Waals surface area contributed by atoms with Crippen LogP contribution in [-0.4, -0.2) is 4.98 Å². The van der Waals surface area contributed by atoms with Crippen LogP contribution in [0, 0.1) is 0 Å². The molecule has 72 valence electrons. The number of pyridine rings is 1. The van der Waals surface area contributed by atoms with Crippen molar-refractivity contribution in [1.29, 1.82) is 0 Å². The molecular weight excluding hydrogens is 209 g/mol. The van der Waals surface area contributed by atoms with E-state index in [1.165, 1.54) is 18.4 Å². The van der Waals surface area contributed by atoms with Crippen molar-refractivity contribution in [3.8, 4) is 0 Å². The average Bonchev–Trinajstić information content (AvgIpc) is 2.88. The molecule has 1 saturated carbocycles. The van der Waals surface area contributed by atoms with Gasteiger partial charge in [-0.3, -0.25) is 0 Å². The fraction of sp³-hybridized carbons (Fsp3) is 0.375. The predicted octanol–water partition coefficient (Wildman–Crippen LogP) is 2.32. The Bertz CT molecular complexity index is 299. The first-order valence-corrected chi connectivity index (χ1v) is 4.31. The number of halogens is 2. The normalized spacial score (nSPS) is 14.9. The molecular formula is C8H11Cl2N3. The minimum Gasteiger partial charge on any atom is -0.308 e. The fourth-order valence-electron chi connectivity index (χ4n) is 1.24. The van der Waals surface area contributed by atoms with E-state index in [-0.39, 0.29) is 12.4 Å². The van der Waals surface area contributed by atoms with Crippen LogP contribution in [0.25, 0.3) is 0 Å². The van der Waals surface area contributed by atoms with Gasteiger partial charge in [-0.25, -0.2) is 10.8 Å². The zero-order chi connectivity index (χ0) is 8.55. The lowest BCUT2D eigenvalue weighted by Crippen LogP contribution is -2.08. The minimum absolute atomic E-state index is 0. The SMILES string of the molecule is Cl.NNc1cc(C2CC2)c(Cl)cn1. The third-order valence-electron chi connectivity index (χ3n) is 2.05. The van der Waals surface area contributed by atoms with Crippen LogP contribution >= 0.6 is 24.0 Å². The summed E-state index contributed by atoms with van der Waals surface area (Å²) in [6.07, 6.45) is 4.10. The van der Waals surface area contributed by atoms with Crippen molar-refractivity contribution in [3.63, 3.8) is 0 Å². The van der Waals surface area contributed by atoms with E-state index in [1.54, 1.807) is 6.20 Å². The topological polar surface area (TPSA) is 50.9 Å². The van der Waals surface area contributed by atoms with Crippen LogP contribution in [0.15, 0.2) is 12.3 Å². The van der Waals surface area contributed by atoms with E-state index in [0.717, 1.165) is 5.02 Å². The molecule has 1 heterocycles. The van der Waals surface area contributed by atoms with E-state index in [1.807, 2.05) is 6.07 Å². The van der Waals surface area contributed by atoms with E-state index < -0.39 is 0 Å². The molecule has 2 rings (SSSR count). The highest BCUT2D eigenvalue weighted by Gasteiger charge is 2.26. The Kier molecular flexibility index (Phi) is 3.36. The summed E-state index contributed by atoms with van der Waals surface area (Å²) in [5.74, 6) is 6.55. The Morgan fingerprint density at radius 2 is 2.23 bits per heavy atom. The van der Waals surface area contributed by atoms with Gasteiger partial charge in [-0.1, -0.05) is 11.6 Å². The molecule has 0 atom stereocenters. The van der Waals surface area contributed by atoms with Gasteiger partial charge in [-0.05, 0) is 30.4 Å². The van der Waals surface area contributed by atoms with Crippen LogP contribution < -0.4 is 11.3 Å². The second kappa shape index (κ2) is 4.13. The zero-order valence-electron chi connectivity index (χ0n) is 6.96. The van der Waals surface area contributed by atoms with Crippen molar-refractivity contribution in [2.45, 2.75) is 18.8 Å². The quantitative estimate of drug-likeness (QED) is 0.594. The van der Waals surface area contributed by atoms with Crippen molar-refractivity contribution in [2.24, 2.45) is 5.84 Å². The first kappa shape index (κ1) is 10.6. The molecule has 1 aliphatic rings. The summed E-state index contributed by atoms with van der Waals surface area (Å²) in [7, 11) is 0. The first-order valence-electron chi connectivity index (χ1n) is 3.93. The molecule has 0 spiro atoms. The van der Waals surface area contributed by atoms with Crippen LogP contribution in [0.1, 0.15) is 24.3 Å². The number of rotatable bonds is 2. The Balaban J connectivity index is 0.000000845. The summed E-state index contributed by atoms with van der Waals surface area (Å²) in [5.41, 5.74) is 3.67. The summed E-state index contributed by atoms with van der Waals surface area (Å²) in [6, 6.07) is 1.92. The van der Waals surface area contributed by atoms with Gasteiger partial charge in [-0.2, -0.15) is 0 Å². The molecule has 0 aliphatic heterocycles. The lowest BCUT2D eigenvalue weighted by molar-refractivity contribution is 1.10. The Labute approximate surface area is 88.1 Å². The molecule has 13 heavy (non-hydrogen) atoms. The third kappa shape index (κ3) is 2.24. The summed E-state index contributed by atoms with van der Waals surface area (Å²) in [6.45, 7) is 0. The summed E-state index contributed by atoms with van der Waals surface area (Å²) < 4.78 is 0. The van der Waals surface area contributed by atoms with Gasteiger partial charge in [0.15, 0.2) is 0 Å². The van der Waals surface area contributed by atoms with Gasteiger partial charge >= 0.3 is 0 Å². The predicted molar refractivity (Wildman–Crippen MR) is 56.3 cm³/mol. The van der Waals surface area contributed by atoms with Crippen LogP contribution in [0.3, 0.4) is 0 Å². The molecule has 0 aromatic carbocycles. The molecule has 1 fully saturated rings. The van der Waals surface area contributed by atoms with Gasteiger partial charge in [0.05, 0.1) is 5.02 Å². The van der Waals surface area contributed by atoms with Crippen LogP contribution in [0.4, 0.5) is 5.82 Å². The number of hydrogen-bond donors (Lipinski definition) is 2. The fourth-order valence-corrected chi connectivity index (χ4v) is 1.50. The highest BCUT2D eigenvalue weighted by Crippen LogP contribution is 2.43. The van der Waals surface area contributed by atoms with Crippen molar-refractivity contribution >= 4 is 29.8 Å². The van der Waals surface area contributed by atoms with Crippen LogP contribution in [0.5, 0.6) is 0 Å². The Morgan fingerprint density at radius 1 is 1.54 bits per heavy atom. The molecule has 0 unspecified atom stereocenters. The lowest BCUT2D eigenvalue weighted by atomic mass is 10.2. The van der Waals surface area contributed by atoms with Gasteiger partial charge in [0.2, 0.25) is 0 Å². The number of nitrogens with two attached hydrogens (primary N) is 1. The molecule has 3 N–H and O–H groups in total. The highest BCUT2D eigenvalue weighted by atomic mass is 35.5. The monoisotopic (exact) mass is 219 g/mol. The van der Waals surface area contributed by atoms with Gasteiger partial charge in [-0.15, -0.1) is 12.4 Å². The number of aromatic nitrogens is 1. The molecule has 1 aromatic heterocycles. The number of nitrogen functional groups attached to an aromatic ring is 1. The lowest BCUT2D eigenvalue weighted by Gasteiger charge is -2.04. The zero-order valence-corrected chi connectivity index (χ0v) is 8.53. The molecule has 0 saturated heterocycles. The van der Waals surface area contributed by atoms with E-state index in [4.69, 9.17) is 17.4 Å². The summed E-state index contributed by atoms with van der Waals surface area (Å²) in [5, 5.41) is 0.747. The van der Waals surface area contributed by atoms with E-state index in [9.17, 15) is 0 Å². The van der Waals surface area contributed by atoms with Gasteiger partial charge in [0.25, 0.3) is 0 Å². The number of hydrogen-bond acceptors (Lipinski definition) is 3. The van der Waals surface area contributed by atoms with Crippen molar-refractivity contribution in [2.75, 3.05) is 5.43 Å². The third-order valence-corrected chi connectivity index (χ3v) is 2.37. The van der Waals surface area contributed by atoms with Gasteiger partial charge in [0, 0.05) is 6.20 Å². The van der Waals surface area contributed by atoms with Crippen LogP contribution in [0.2, 0.25) is 5.02 Å². The van der Waals surface area contributed by atoms with Gasteiger partial charge in [0.1, 0.15) is 5.82 Å². The maximum absolute atomic E-state index is 5.96. The largest absolute Gasteiger partial charge is 0.308 e. The molecule has 1 aromatic rings. The molecule has 0 amide bonds. The van der Waals surface area contributed by atoms with E-state index in [0.29, 0.717) is 11.7 Å². The second-order valence-corrected chi connectivity index (χ2v) is 3.42. The van der Waals surface area contributed by atoms with E-state index in [2.05, 4.69) is 10.4 Å². The molecule has 3 nitrogen and oxygen atoms in total. The van der Waals surface area contributed by atoms with Crippen molar-refractivity contribution < 1.29 is 0 Å². The minimum atomic E-state index is 0. The van der Waals surface area contributed by atoms with Crippen molar-refractivity contribution in [3.05, 3.63) is 22.8 Å². The second-order valence-electron chi connectivity index (χ2n) is 3.01. The highest BCUT2D eigenvalue weighted by molar-refractivity contribution is 6.31. The maximum atomic E-state index is 5.96. The van der Waals surface area contributed by atoms with Crippen molar-refractivity contribution in [1.82, 2.24) is 4.98 Å². The van der Waals surface area contributed by atoms with Crippen LogP contribution in [-0.2, 0) is 0 Å². The Morgan fingerprint density at radius 3 is 2.77 bits per heavy atom. The summed E-state index contributed by atoms with van der Waals surface area (Å²) >= 11 is 5.96. The molecule has 0 bridgehead atoms. The van der Waals surface area contributed by atoms with E-state index >= 15 is 0 Å². The number of hydrazine groups is 1. The van der Waals surface area contributed by atoms with Gasteiger partial charge < -0.3 is 5.43 Å². The number of nitrogens with zero attached hydrogens (tertiary/aromatic N) is 1.